The van der Waals surface area contributed by atoms with Crippen LogP contribution < -0.4 is 10.6 Å². The first kappa shape index (κ1) is 18.3. The number of aromatic nitrogens is 2. The Kier molecular flexibility index (Phi) is 6.52. The molecule has 138 valence electrons. The highest BCUT2D eigenvalue weighted by molar-refractivity contribution is 5.92. The first-order chi connectivity index (χ1) is 12.7. The zero-order chi connectivity index (χ0) is 18.2. The molecule has 1 aliphatic rings. The highest BCUT2D eigenvalue weighted by atomic mass is 19.1. The van der Waals surface area contributed by atoms with Gasteiger partial charge in [-0.3, -0.25) is 4.79 Å². The summed E-state index contributed by atoms with van der Waals surface area (Å²) in [5.74, 6) is 0.209. The van der Waals surface area contributed by atoms with Crippen LogP contribution in [0, 0.1) is 5.82 Å². The number of anilines is 1. The lowest BCUT2D eigenvalue weighted by molar-refractivity contribution is 0.0927. The number of nitrogens with zero attached hydrogens (tertiary/aromatic N) is 2. The van der Waals surface area contributed by atoms with Crippen molar-refractivity contribution in [2.45, 2.75) is 51.0 Å². The van der Waals surface area contributed by atoms with E-state index in [0.717, 1.165) is 12.8 Å². The van der Waals surface area contributed by atoms with Gasteiger partial charge < -0.3 is 10.6 Å². The Morgan fingerprint density at radius 3 is 2.50 bits per heavy atom. The molecular weight excluding hydrogens is 331 g/mol. The van der Waals surface area contributed by atoms with Crippen molar-refractivity contribution < 1.29 is 9.18 Å². The van der Waals surface area contributed by atoms with Crippen LogP contribution in [0.1, 0.15) is 54.6 Å². The highest BCUT2D eigenvalue weighted by Gasteiger charge is 2.16. The summed E-state index contributed by atoms with van der Waals surface area (Å²) in [4.78, 5) is 12.3. The highest BCUT2D eigenvalue weighted by Crippen LogP contribution is 2.17. The number of hydrogen-bond donors (Lipinski definition) is 2. The second-order valence-corrected chi connectivity index (χ2v) is 6.73. The SMILES string of the molecule is O=C(NC1CCCCCC1)c1ccc(NCCc2ccccc2F)nn1. The molecule has 1 aromatic heterocycles. The molecule has 0 aliphatic heterocycles. The van der Waals surface area contributed by atoms with Crippen LogP contribution >= 0.6 is 0 Å². The zero-order valence-corrected chi connectivity index (χ0v) is 14.9. The predicted molar refractivity (Wildman–Crippen MR) is 99.6 cm³/mol. The summed E-state index contributed by atoms with van der Waals surface area (Å²) in [6, 6.07) is 10.4. The van der Waals surface area contributed by atoms with Crippen molar-refractivity contribution in [1.29, 1.82) is 0 Å². The van der Waals surface area contributed by atoms with Gasteiger partial charge in [0.25, 0.3) is 5.91 Å². The maximum absolute atomic E-state index is 13.6. The molecule has 0 spiro atoms. The number of carbonyl (C=O) groups is 1. The van der Waals surface area contributed by atoms with Crippen molar-refractivity contribution in [1.82, 2.24) is 15.5 Å². The van der Waals surface area contributed by atoms with Crippen molar-refractivity contribution >= 4 is 11.7 Å². The van der Waals surface area contributed by atoms with Gasteiger partial charge in [0.1, 0.15) is 11.6 Å². The van der Waals surface area contributed by atoms with Crippen LogP contribution in [0.4, 0.5) is 10.2 Å². The summed E-state index contributed by atoms with van der Waals surface area (Å²) >= 11 is 0. The van der Waals surface area contributed by atoms with E-state index in [9.17, 15) is 9.18 Å². The molecule has 6 heteroatoms. The van der Waals surface area contributed by atoms with Gasteiger partial charge in [-0.15, -0.1) is 10.2 Å². The van der Waals surface area contributed by atoms with Crippen LogP contribution in [0.3, 0.4) is 0 Å². The summed E-state index contributed by atoms with van der Waals surface area (Å²) < 4.78 is 13.6. The Balaban J connectivity index is 1.48. The number of rotatable bonds is 6. The molecule has 3 rings (SSSR count). The lowest BCUT2D eigenvalue weighted by Gasteiger charge is -2.15. The number of amides is 1. The van der Waals surface area contributed by atoms with E-state index in [1.54, 1.807) is 24.3 Å². The van der Waals surface area contributed by atoms with Crippen LogP contribution in [0.15, 0.2) is 36.4 Å². The normalized spacial score (nSPS) is 15.3. The first-order valence-corrected chi connectivity index (χ1v) is 9.34. The maximum Gasteiger partial charge on any atom is 0.272 e. The molecule has 26 heavy (non-hydrogen) atoms. The van der Waals surface area contributed by atoms with Gasteiger partial charge in [-0.05, 0) is 43.0 Å². The van der Waals surface area contributed by atoms with Crippen LogP contribution in [0.25, 0.3) is 0 Å². The summed E-state index contributed by atoms with van der Waals surface area (Å²) in [5.41, 5.74) is 0.987. The van der Waals surface area contributed by atoms with E-state index in [-0.39, 0.29) is 17.8 Å². The predicted octanol–water partition coefficient (Wildman–Crippen LogP) is 3.72. The fourth-order valence-electron chi connectivity index (χ4n) is 3.26. The third kappa shape index (κ3) is 5.25. The Labute approximate surface area is 153 Å². The molecule has 1 fully saturated rings. The molecule has 0 unspecified atom stereocenters. The van der Waals surface area contributed by atoms with E-state index in [1.807, 2.05) is 6.07 Å². The number of carbonyl (C=O) groups excluding carboxylic acids is 1. The molecule has 1 aliphatic carbocycles. The Bertz CT molecular complexity index is 712. The van der Waals surface area contributed by atoms with E-state index in [1.165, 1.54) is 31.7 Å². The Hall–Kier alpha value is -2.50. The Morgan fingerprint density at radius 2 is 1.81 bits per heavy atom. The summed E-state index contributed by atoms with van der Waals surface area (Å²) in [6.45, 7) is 0.545. The average molecular weight is 356 g/mol. The molecule has 0 radical (unpaired) electrons. The molecular formula is C20H25FN4O. The van der Waals surface area contributed by atoms with E-state index < -0.39 is 0 Å². The standard InChI is InChI=1S/C20H25FN4O/c21-17-10-6-5-7-15(17)13-14-22-19-12-11-18(24-25-19)20(26)23-16-8-3-1-2-4-9-16/h5-7,10-12,16H,1-4,8-9,13-14H2,(H,22,25)(H,23,26). The number of hydrogen-bond acceptors (Lipinski definition) is 4. The summed E-state index contributed by atoms with van der Waals surface area (Å²) in [5, 5.41) is 14.2. The number of halogens is 1. The topological polar surface area (TPSA) is 66.9 Å². The van der Waals surface area contributed by atoms with Gasteiger partial charge in [0.15, 0.2) is 5.69 Å². The quantitative estimate of drug-likeness (QED) is 0.774. The smallest absolute Gasteiger partial charge is 0.272 e. The molecule has 1 amide bonds. The van der Waals surface area contributed by atoms with Crippen molar-refractivity contribution in [3.05, 3.63) is 53.5 Å². The fraction of sp³-hybridized carbons (Fsp3) is 0.450. The van der Waals surface area contributed by atoms with Crippen LogP contribution in [-0.4, -0.2) is 28.7 Å². The monoisotopic (exact) mass is 356 g/mol. The van der Waals surface area contributed by atoms with Gasteiger partial charge in [-0.1, -0.05) is 43.9 Å². The molecule has 0 saturated heterocycles. The summed E-state index contributed by atoms with van der Waals surface area (Å²) in [6.07, 6.45) is 7.46. The minimum atomic E-state index is -0.203. The van der Waals surface area contributed by atoms with E-state index in [4.69, 9.17) is 0 Å². The van der Waals surface area contributed by atoms with Gasteiger partial charge in [0, 0.05) is 12.6 Å². The van der Waals surface area contributed by atoms with E-state index in [2.05, 4.69) is 20.8 Å². The van der Waals surface area contributed by atoms with Gasteiger partial charge in [0.2, 0.25) is 0 Å². The van der Waals surface area contributed by atoms with Crippen molar-refractivity contribution in [3.63, 3.8) is 0 Å². The lowest BCUT2D eigenvalue weighted by atomic mass is 10.1. The van der Waals surface area contributed by atoms with Gasteiger partial charge >= 0.3 is 0 Å². The zero-order valence-electron chi connectivity index (χ0n) is 14.9. The Morgan fingerprint density at radius 1 is 1.04 bits per heavy atom. The molecule has 2 N–H and O–H groups in total. The average Bonchev–Trinajstić information content (AvgIpc) is 2.92. The van der Waals surface area contributed by atoms with Crippen molar-refractivity contribution in [2.24, 2.45) is 0 Å². The number of benzene rings is 1. The summed E-state index contributed by atoms with van der Waals surface area (Å²) in [7, 11) is 0. The first-order valence-electron chi connectivity index (χ1n) is 9.34. The lowest BCUT2D eigenvalue weighted by Crippen LogP contribution is -2.35. The maximum atomic E-state index is 13.6. The van der Waals surface area contributed by atoms with Crippen LogP contribution in [0.5, 0.6) is 0 Å². The molecule has 2 aromatic rings. The minimum absolute atomic E-state index is 0.165. The largest absolute Gasteiger partial charge is 0.368 e. The van der Waals surface area contributed by atoms with Crippen LogP contribution in [0.2, 0.25) is 0 Å². The van der Waals surface area contributed by atoms with Crippen molar-refractivity contribution in [3.8, 4) is 0 Å². The van der Waals surface area contributed by atoms with Crippen molar-refractivity contribution in [2.75, 3.05) is 11.9 Å². The third-order valence-electron chi connectivity index (χ3n) is 4.75. The second-order valence-electron chi connectivity index (χ2n) is 6.73. The van der Waals surface area contributed by atoms with E-state index in [0.29, 0.717) is 30.0 Å². The molecule has 0 bridgehead atoms. The molecule has 1 heterocycles. The molecule has 1 aromatic carbocycles. The van der Waals surface area contributed by atoms with Crippen LogP contribution in [-0.2, 0) is 6.42 Å². The molecule has 0 atom stereocenters. The minimum Gasteiger partial charge on any atom is -0.368 e. The number of nitrogens with one attached hydrogen (secondary N) is 2. The molecule has 5 nitrogen and oxygen atoms in total. The van der Waals surface area contributed by atoms with Gasteiger partial charge in [-0.25, -0.2) is 4.39 Å². The third-order valence-corrected chi connectivity index (χ3v) is 4.75. The van der Waals surface area contributed by atoms with Gasteiger partial charge in [-0.2, -0.15) is 0 Å². The fourth-order valence-corrected chi connectivity index (χ4v) is 3.26. The second kappa shape index (κ2) is 9.27. The van der Waals surface area contributed by atoms with Gasteiger partial charge in [0.05, 0.1) is 0 Å². The molecule has 1 saturated carbocycles. The van der Waals surface area contributed by atoms with E-state index >= 15 is 0 Å².